The summed E-state index contributed by atoms with van der Waals surface area (Å²) in [5.74, 6) is -2.40. The molecule has 0 spiro atoms. The monoisotopic (exact) mass is 233 g/mol. The SMILES string of the molecule is Cc1cnc(C)c(O)c1C(O)P(=O)(O)O. The summed E-state index contributed by atoms with van der Waals surface area (Å²) in [6, 6.07) is 0. The van der Waals surface area contributed by atoms with Crippen molar-refractivity contribution in [1.29, 1.82) is 0 Å². The van der Waals surface area contributed by atoms with Gasteiger partial charge in [-0.05, 0) is 19.4 Å². The number of nitrogens with zero attached hydrogens (tertiary/aromatic N) is 1. The van der Waals surface area contributed by atoms with E-state index in [1.807, 2.05) is 0 Å². The highest BCUT2D eigenvalue weighted by molar-refractivity contribution is 7.51. The summed E-state index contributed by atoms with van der Waals surface area (Å²) in [6.07, 6.45) is 1.34. The van der Waals surface area contributed by atoms with Crippen molar-refractivity contribution < 1.29 is 24.6 Å². The van der Waals surface area contributed by atoms with E-state index >= 15 is 0 Å². The molecule has 0 fully saturated rings. The van der Waals surface area contributed by atoms with Gasteiger partial charge in [0.05, 0.1) is 5.69 Å². The van der Waals surface area contributed by atoms with Crippen LogP contribution in [0.25, 0.3) is 0 Å². The van der Waals surface area contributed by atoms with Gasteiger partial charge in [0.15, 0.2) is 5.85 Å². The summed E-state index contributed by atoms with van der Waals surface area (Å²) < 4.78 is 10.9. The van der Waals surface area contributed by atoms with Crippen LogP contribution in [0.4, 0.5) is 0 Å². The fourth-order valence-electron chi connectivity index (χ4n) is 1.20. The molecular formula is C8H12NO5P. The molecule has 0 aliphatic carbocycles. The molecule has 1 rings (SSSR count). The lowest BCUT2D eigenvalue weighted by molar-refractivity contribution is 0.201. The molecule has 0 saturated carbocycles. The minimum Gasteiger partial charge on any atom is -0.506 e. The first-order chi connectivity index (χ1) is 6.75. The second-order valence-electron chi connectivity index (χ2n) is 3.25. The van der Waals surface area contributed by atoms with Crippen molar-refractivity contribution in [3.63, 3.8) is 0 Å². The third kappa shape index (κ3) is 2.35. The second kappa shape index (κ2) is 3.90. The highest BCUT2D eigenvalue weighted by Crippen LogP contribution is 2.52. The Morgan fingerprint density at radius 2 is 1.93 bits per heavy atom. The quantitative estimate of drug-likeness (QED) is 0.556. The molecule has 4 N–H and O–H groups in total. The Labute approximate surface area is 86.4 Å². The van der Waals surface area contributed by atoms with Gasteiger partial charge < -0.3 is 20.0 Å². The molecule has 84 valence electrons. The van der Waals surface area contributed by atoms with Crippen LogP contribution >= 0.6 is 7.60 Å². The average molecular weight is 233 g/mol. The lowest BCUT2D eigenvalue weighted by atomic mass is 10.1. The Balaban J connectivity index is 3.37. The first-order valence-electron chi connectivity index (χ1n) is 4.13. The first-order valence-corrected chi connectivity index (χ1v) is 5.81. The van der Waals surface area contributed by atoms with Crippen LogP contribution in [0.2, 0.25) is 0 Å². The molecule has 7 heteroatoms. The van der Waals surface area contributed by atoms with Gasteiger partial charge in [0.2, 0.25) is 0 Å². The fraction of sp³-hybridized carbons (Fsp3) is 0.375. The van der Waals surface area contributed by atoms with Crippen LogP contribution in [-0.2, 0) is 4.57 Å². The third-order valence-corrected chi connectivity index (χ3v) is 2.95. The molecule has 1 unspecified atom stereocenters. The van der Waals surface area contributed by atoms with E-state index in [2.05, 4.69) is 4.98 Å². The summed E-state index contributed by atoms with van der Waals surface area (Å²) in [5, 5.41) is 18.9. The maximum Gasteiger partial charge on any atom is 0.358 e. The molecule has 0 aliphatic rings. The second-order valence-corrected chi connectivity index (χ2v) is 4.92. The normalized spacial score (nSPS) is 13.9. The predicted octanol–water partition coefficient (Wildman–Crippen LogP) is 0.573. The van der Waals surface area contributed by atoms with Crippen LogP contribution < -0.4 is 0 Å². The molecule has 1 aromatic rings. The smallest absolute Gasteiger partial charge is 0.358 e. The lowest BCUT2D eigenvalue weighted by Crippen LogP contribution is -2.03. The predicted molar refractivity (Wildman–Crippen MR) is 52.4 cm³/mol. The van der Waals surface area contributed by atoms with Crippen LogP contribution in [-0.4, -0.2) is 25.0 Å². The number of aliphatic hydroxyl groups excluding tert-OH is 1. The van der Waals surface area contributed by atoms with E-state index in [4.69, 9.17) is 9.79 Å². The molecule has 0 radical (unpaired) electrons. The highest BCUT2D eigenvalue weighted by Gasteiger charge is 2.32. The lowest BCUT2D eigenvalue weighted by Gasteiger charge is -2.16. The largest absolute Gasteiger partial charge is 0.506 e. The van der Waals surface area contributed by atoms with Crippen LogP contribution in [0.15, 0.2) is 6.20 Å². The molecular weight excluding hydrogens is 221 g/mol. The average Bonchev–Trinajstić information content (AvgIpc) is 2.10. The van der Waals surface area contributed by atoms with Crippen molar-refractivity contribution in [3.05, 3.63) is 23.0 Å². The van der Waals surface area contributed by atoms with Gasteiger partial charge in [-0.2, -0.15) is 0 Å². The van der Waals surface area contributed by atoms with E-state index in [0.29, 0.717) is 5.56 Å². The summed E-state index contributed by atoms with van der Waals surface area (Å²) in [6.45, 7) is 2.98. The Bertz CT molecular complexity index is 427. The van der Waals surface area contributed by atoms with Crippen LogP contribution in [0, 0.1) is 13.8 Å². The molecule has 1 heterocycles. The number of aromatic hydroxyl groups is 1. The van der Waals surface area contributed by atoms with E-state index in [1.54, 1.807) is 0 Å². The number of aliphatic hydroxyl groups is 1. The van der Waals surface area contributed by atoms with E-state index < -0.39 is 13.4 Å². The molecule has 1 atom stereocenters. The van der Waals surface area contributed by atoms with E-state index in [1.165, 1.54) is 20.0 Å². The third-order valence-electron chi connectivity index (χ3n) is 2.05. The van der Waals surface area contributed by atoms with Gasteiger partial charge in [-0.1, -0.05) is 0 Å². The topological polar surface area (TPSA) is 111 Å². The summed E-state index contributed by atoms with van der Waals surface area (Å²) in [4.78, 5) is 21.4. The minimum absolute atomic E-state index is 0.171. The first kappa shape index (κ1) is 12.1. The fourth-order valence-corrected chi connectivity index (χ4v) is 1.86. The Morgan fingerprint density at radius 3 is 2.40 bits per heavy atom. The highest BCUT2D eigenvalue weighted by atomic mass is 31.2. The van der Waals surface area contributed by atoms with Gasteiger partial charge in [0.25, 0.3) is 0 Å². The van der Waals surface area contributed by atoms with Crippen molar-refractivity contribution >= 4 is 7.60 Å². The van der Waals surface area contributed by atoms with Crippen LogP contribution in [0.1, 0.15) is 22.7 Å². The van der Waals surface area contributed by atoms with Gasteiger partial charge in [-0.25, -0.2) is 0 Å². The molecule has 0 aromatic carbocycles. The Morgan fingerprint density at radius 1 is 1.40 bits per heavy atom. The Hall–Kier alpha value is -0.940. The van der Waals surface area contributed by atoms with Crippen molar-refractivity contribution in [1.82, 2.24) is 4.98 Å². The molecule has 0 saturated heterocycles. The zero-order valence-electron chi connectivity index (χ0n) is 8.25. The summed E-state index contributed by atoms with van der Waals surface area (Å²) in [7, 11) is -4.68. The number of rotatable bonds is 2. The Kier molecular flexibility index (Phi) is 3.16. The molecule has 6 nitrogen and oxygen atoms in total. The molecule has 0 amide bonds. The number of aromatic nitrogens is 1. The number of hydrogen-bond acceptors (Lipinski definition) is 4. The van der Waals surface area contributed by atoms with E-state index in [-0.39, 0.29) is 17.0 Å². The maximum absolute atomic E-state index is 10.9. The number of pyridine rings is 1. The van der Waals surface area contributed by atoms with Gasteiger partial charge >= 0.3 is 7.60 Å². The molecule has 1 aromatic heterocycles. The van der Waals surface area contributed by atoms with Crippen molar-refractivity contribution in [2.24, 2.45) is 0 Å². The molecule has 0 bridgehead atoms. The van der Waals surface area contributed by atoms with Gasteiger partial charge in [-0.15, -0.1) is 0 Å². The van der Waals surface area contributed by atoms with Gasteiger partial charge in [0.1, 0.15) is 5.75 Å². The molecule has 0 aliphatic heterocycles. The van der Waals surface area contributed by atoms with E-state index in [9.17, 15) is 14.8 Å². The van der Waals surface area contributed by atoms with Gasteiger partial charge in [-0.3, -0.25) is 9.55 Å². The number of aryl methyl sites for hydroxylation is 2. The zero-order valence-corrected chi connectivity index (χ0v) is 9.14. The maximum atomic E-state index is 10.9. The minimum atomic E-state index is -4.68. The van der Waals surface area contributed by atoms with Crippen LogP contribution in [0.5, 0.6) is 5.75 Å². The van der Waals surface area contributed by atoms with E-state index in [0.717, 1.165) is 0 Å². The zero-order chi connectivity index (χ0) is 11.8. The molecule has 15 heavy (non-hydrogen) atoms. The number of hydrogen-bond donors (Lipinski definition) is 4. The summed E-state index contributed by atoms with van der Waals surface area (Å²) in [5.41, 5.74) is 0.368. The summed E-state index contributed by atoms with van der Waals surface area (Å²) >= 11 is 0. The van der Waals surface area contributed by atoms with Gasteiger partial charge in [0, 0.05) is 11.8 Å². The van der Waals surface area contributed by atoms with Crippen molar-refractivity contribution in [3.8, 4) is 5.75 Å². The standard InChI is InChI=1S/C8H12NO5P/c1-4-3-9-5(2)7(10)6(4)8(11)15(12,13)14/h3,8,10-11H,1-2H3,(H2,12,13,14). The van der Waals surface area contributed by atoms with Crippen molar-refractivity contribution in [2.45, 2.75) is 19.7 Å². The van der Waals surface area contributed by atoms with Crippen molar-refractivity contribution in [2.75, 3.05) is 0 Å². The van der Waals surface area contributed by atoms with Crippen LogP contribution in [0.3, 0.4) is 0 Å².